The summed E-state index contributed by atoms with van der Waals surface area (Å²) in [5.74, 6) is 0. The maximum absolute atomic E-state index is 6.72. The predicted octanol–water partition coefficient (Wildman–Crippen LogP) is 5.85. The summed E-state index contributed by atoms with van der Waals surface area (Å²) in [5, 5.41) is 6.51. The number of hydrogen-bond acceptors (Lipinski definition) is 4. The van der Waals surface area contributed by atoms with E-state index in [1.807, 2.05) is 48.7 Å². The zero-order chi connectivity index (χ0) is 19.7. The normalized spacial score (nSPS) is 12.3. The van der Waals surface area contributed by atoms with Crippen molar-refractivity contribution in [3.8, 4) is 0 Å². The Bertz CT molecular complexity index is 1140. The highest BCUT2D eigenvalue weighted by Gasteiger charge is 2.28. The van der Waals surface area contributed by atoms with Crippen molar-refractivity contribution < 1.29 is 0 Å². The first-order chi connectivity index (χ1) is 13.5. The van der Waals surface area contributed by atoms with E-state index < -0.39 is 0 Å². The van der Waals surface area contributed by atoms with Gasteiger partial charge in [-0.2, -0.15) is 0 Å². The minimum absolute atomic E-state index is 0. The molecule has 0 saturated carbocycles. The molecule has 1 atom stereocenters. The van der Waals surface area contributed by atoms with Crippen LogP contribution in [0.5, 0.6) is 0 Å². The average Bonchev–Trinajstić information content (AvgIpc) is 2.71. The Morgan fingerprint density at radius 3 is 2.43 bits per heavy atom. The molecule has 0 aliphatic carbocycles. The van der Waals surface area contributed by atoms with Crippen LogP contribution >= 0.6 is 36.4 Å². The summed E-state index contributed by atoms with van der Waals surface area (Å²) < 4.78 is 0. The van der Waals surface area contributed by atoms with Gasteiger partial charge in [0.1, 0.15) is 0 Å². The second-order valence-electron chi connectivity index (χ2n) is 7.60. The lowest BCUT2D eigenvalue weighted by atomic mass is 9.87. The zero-order valence-electron chi connectivity index (χ0n) is 16.8. The fourth-order valence-corrected chi connectivity index (χ4v) is 3.71. The number of aromatic nitrogens is 2. The van der Waals surface area contributed by atoms with Crippen LogP contribution in [0.4, 0.5) is 0 Å². The molecule has 1 unspecified atom stereocenters. The third-order valence-corrected chi connectivity index (χ3v) is 5.56. The Hall–Kier alpha value is -1.95. The summed E-state index contributed by atoms with van der Waals surface area (Å²) in [4.78, 5) is 8.87. The van der Waals surface area contributed by atoms with Gasteiger partial charge in [-0.25, -0.2) is 0 Å². The summed E-state index contributed by atoms with van der Waals surface area (Å²) in [5.41, 5.74) is 10.5. The van der Waals surface area contributed by atoms with Crippen LogP contribution < -0.4 is 11.1 Å². The van der Waals surface area contributed by atoms with Crippen molar-refractivity contribution >= 4 is 58.2 Å². The number of hydrogen-bond donors (Lipinski definition) is 2. The van der Waals surface area contributed by atoms with Gasteiger partial charge >= 0.3 is 0 Å². The van der Waals surface area contributed by atoms with Crippen LogP contribution in [0.2, 0.25) is 5.02 Å². The van der Waals surface area contributed by atoms with Crippen LogP contribution in [0.15, 0.2) is 67.0 Å². The van der Waals surface area contributed by atoms with Crippen molar-refractivity contribution in [3.05, 3.63) is 83.1 Å². The summed E-state index contributed by atoms with van der Waals surface area (Å²) in [7, 11) is 0. The van der Waals surface area contributed by atoms with Crippen molar-refractivity contribution in [2.75, 3.05) is 0 Å². The molecule has 2 aromatic heterocycles. The van der Waals surface area contributed by atoms with Gasteiger partial charge in [0.2, 0.25) is 0 Å². The molecule has 0 saturated heterocycles. The maximum atomic E-state index is 6.72. The second kappa shape index (κ2) is 9.90. The van der Waals surface area contributed by atoms with Crippen LogP contribution in [-0.4, -0.2) is 15.5 Å². The molecule has 3 N–H and O–H groups in total. The van der Waals surface area contributed by atoms with Gasteiger partial charge in [-0.1, -0.05) is 35.9 Å². The summed E-state index contributed by atoms with van der Waals surface area (Å²) in [6.07, 6.45) is 3.65. The molecule has 4 nitrogen and oxygen atoms in total. The number of halogens is 3. The van der Waals surface area contributed by atoms with Crippen LogP contribution in [0.3, 0.4) is 0 Å². The van der Waals surface area contributed by atoms with E-state index in [0.717, 1.165) is 27.4 Å². The lowest BCUT2D eigenvalue weighted by molar-refractivity contribution is 0.322. The van der Waals surface area contributed by atoms with Gasteiger partial charge in [0.25, 0.3) is 0 Å². The number of nitrogens with two attached hydrogens (primary N) is 1. The van der Waals surface area contributed by atoms with Crippen molar-refractivity contribution in [1.82, 2.24) is 15.3 Å². The number of rotatable bonds is 5. The molecule has 0 bridgehead atoms. The third kappa shape index (κ3) is 4.85. The summed E-state index contributed by atoms with van der Waals surface area (Å²) in [6.45, 7) is 4.96. The molecule has 7 heteroatoms. The van der Waals surface area contributed by atoms with Gasteiger partial charge in [-0.15, -0.1) is 24.8 Å². The average molecular weight is 464 g/mol. The highest BCUT2D eigenvalue weighted by Crippen LogP contribution is 2.30. The summed E-state index contributed by atoms with van der Waals surface area (Å²) in [6, 6.07) is 17.8. The number of nitrogens with zero attached hydrogens (tertiary/aromatic N) is 2. The van der Waals surface area contributed by atoms with E-state index in [-0.39, 0.29) is 36.4 Å². The first kappa shape index (κ1) is 24.3. The van der Waals surface area contributed by atoms with Gasteiger partial charge in [0.15, 0.2) is 0 Å². The predicted molar refractivity (Wildman–Crippen MR) is 131 cm³/mol. The smallest absolute Gasteiger partial charge is 0.0720 e. The van der Waals surface area contributed by atoms with Gasteiger partial charge in [0, 0.05) is 46.3 Å². The first-order valence-corrected chi connectivity index (χ1v) is 9.71. The molecule has 0 amide bonds. The number of pyridine rings is 2. The fourth-order valence-electron chi connectivity index (χ4n) is 3.55. The molecule has 2 heterocycles. The minimum atomic E-state index is -0.335. The molecule has 158 valence electrons. The van der Waals surface area contributed by atoms with Crippen LogP contribution in [0.25, 0.3) is 21.8 Å². The number of benzene rings is 2. The molecular weight excluding hydrogens is 439 g/mol. The van der Waals surface area contributed by atoms with E-state index >= 15 is 0 Å². The van der Waals surface area contributed by atoms with E-state index in [2.05, 4.69) is 41.3 Å². The van der Waals surface area contributed by atoms with E-state index in [4.69, 9.17) is 17.3 Å². The molecule has 0 aliphatic heterocycles. The van der Waals surface area contributed by atoms with E-state index in [9.17, 15) is 0 Å². The number of para-hydroxylation sites is 1. The SMILES string of the molecule is CC(C)(NCc1ccnc2ccccc12)C(N)c1ccnc2cc(Cl)ccc12.Cl.Cl. The molecule has 4 rings (SSSR count). The standard InChI is InChI=1S/C23H23ClN4.2ClH/c1-23(2,28-14-15-9-11-26-20-6-4-3-5-17(15)20)22(25)19-10-12-27-21-13-16(24)7-8-18(19)21;;/h3-13,22,28H,14,25H2,1-2H3;2*1H. The van der Waals surface area contributed by atoms with Crippen molar-refractivity contribution in [2.45, 2.75) is 32.0 Å². The molecule has 0 radical (unpaired) electrons. The first-order valence-electron chi connectivity index (χ1n) is 9.33. The number of fused-ring (bicyclic) bond motifs is 2. The maximum Gasteiger partial charge on any atom is 0.0720 e. The van der Waals surface area contributed by atoms with E-state index in [1.54, 1.807) is 6.20 Å². The van der Waals surface area contributed by atoms with Gasteiger partial charge in [-0.3, -0.25) is 9.97 Å². The van der Waals surface area contributed by atoms with Crippen LogP contribution in [-0.2, 0) is 6.54 Å². The van der Waals surface area contributed by atoms with Crippen LogP contribution in [0.1, 0.15) is 31.0 Å². The van der Waals surface area contributed by atoms with Crippen molar-refractivity contribution in [3.63, 3.8) is 0 Å². The van der Waals surface area contributed by atoms with E-state index in [0.29, 0.717) is 11.6 Å². The zero-order valence-corrected chi connectivity index (χ0v) is 19.2. The Kier molecular flexibility index (Phi) is 8.03. The molecule has 4 aromatic rings. The summed E-state index contributed by atoms with van der Waals surface area (Å²) >= 11 is 6.12. The lowest BCUT2D eigenvalue weighted by Gasteiger charge is -2.34. The monoisotopic (exact) mass is 462 g/mol. The Morgan fingerprint density at radius 1 is 0.933 bits per heavy atom. The largest absolute Gasteiger partial charge is 0.322 e. The highest BCUT2D eigenvalue weighted by atomic mass is 35.5. The van der Waals surface area contributed by atoms with Gasteiger partial charge in [0.05, 0.1) is 11.0 Å². The fraction of sp³-hybridized carbons (Fsp3) is 0.217. The third-order valence-electron chi connectivity index (χ3n) is 5.32. The Labute approximate surface area is 194 Å². The highest BCUT2D eigenvalue weighted by molar-refractivity contribution is 6.31. The Balaban J connectivity index is 0.00000160. The van der Waals surface area contributed by atoms with E-state index in [1.165, 1.54) is 5.56 Å². The van der Waals surface area contributed by atoms with Gasteiger partial charge < -0.3 is 11.1 Å². The molecule has 0 fully saturated rings. The Morgan fingerprint density at radius 2 is 1.63 bits per heavy atom. The molecule has 30 heavy (non-hydrogen) atoms. The van der Waals surface area contributed by atoms with Crippen LogP contribution in [0, 0.1) is 0 Å². The lowest BCUT2D eigenvalue weighted by Crippen LogP contribution is -2.48. The molecular formula is C23H25Cl3N4. The molecule has 0 aliphatic rings. The quantitative estimate of drug-likeness (QED) is 0.390. The van der Waals surface area contributed by atoms with Crippen molar-refractivity contribution in [1.29, 1.82) is 0 Å². The molecule has 2 aromatic carbocycles. The van der Waals surface area contributed by atoms with Crippen molar-refractivity contribution in [2.24, 2.45) is 5.73 Å². The topological polar surface area (TPSA) is 63.8 Å². The minimum Gasteiger partial charge on any atom is -0.322 e. The molecule has 0 spiro atoms. The van der Waals surface area contributed by atoms with Gasteiger partial charge in [-0.05, 0) is 55.3 Å². The number of nitrogens with one attached hydrogen (secondary N) is 1. The second-order valence-corrected chi connectivity index (χ2v) is 8.04.